The molecule has 23 heavy (non-hydrogen) atoms. The van der Waals surface area contributed by atoms with E-state index < -0.39 is 5.63 Å². The lowest BCUT2D eigenvalue weighted by Crippen LogP contribution is -2.04. The largest absolute Gasteiger partial charge is 0.507 e. The maximum absolute atomic E-state index is 12.3. The highest BCUT2D eigenvalue weighted by Gasteiger charge is 2.20. The van der Waals surface area contributed by atoms with Crippen molar-refractivity contribution >= 4 is 16.8 Å². The maximum atomic E-state index is 12.3. The molecule has 3 rings (SSSR count). The fraction of sp³-hybridized carbons (Fsp3) is 0.158. The van der Waals surface area contributed by atoms with Crippen LogP contribution in [-0.4, -0.2) is 10.9 Å². The number of benzene rings is 2. The van der Waals surface area contributed by atoms with Crippen molar-refractivity contribution in [1.82, 2.24) is 0 Å². The van der Waals surface area contributed by atoms with Gasteiger partial charge in [0.2, 0.25) is 0 Å². The normalized spacial score (nSPS) is 10.8. The van der Waals surface area contributed by atoms with Gasteiger partial charge in [-0.05, 0) is 29.7 Å². The van der Waals surface area contributed by atoms with Crippen LogP contribution in [0.3, 0.4) is 0 Å². The van der Waals surface area contributed by atoms with Gasteiger partial charge in [-0.2, -0.15) is 0 Å². The maximum Gasteiger partial charge on any atom is 0.336 e. The molecular formula is C19H16O4. The number of rotatable bonds is 4. The van der Waals surface area contributed by atoms with E-state index >= 15 is 0 Å². The fourth-order valence-corrected chi connectivity index (χ4v) is 2.70. The molecule has 1 N–H and O–H groups in total. The van der Waals surface area contributed by atoms with Gasteiger partial charge in [0.1, 0.15) is 11.3 Å². The molecule has 116 valence electrons. The second-order valence-corrected chi connectivity index (χ2v) is 5.35. The molecule has 0 aliphatic heterocycles. The lowest BCUT2D eigenvalue weighted by Gasteiger charge is -2.11. The van der Waals surface area contributed by atoms with Crippen molar-refractivity contribution in [3.05, 3.63) is 64.5 Å². The van der Waals surface area contributed by atoms with Crippen LogP contribution in [-0.2, 0) is 0 Å². The van der Waals surface area contributed by atoms with E-state index in [1.807, 2.05) is 37.3 Å². The van der Waals surface area contributed by atoms with E-state index in [-0.39, 0.29) is 29.1 Å². The van der Waals surface area contributed by atoms with Gasteiger partial charge in [-0.15, -0.1) is 0 Å². The molecule has 0 radical (unpaired) electrons. The van der Waals surface area contributed by atoms with Crippen LogP contribution in [0.25, 0.3) is 22.1 Å². The molecule has 0 atom stereocenters. The molecule has 4 heteroatoms. The third-order valence-electron chi connectivity index (χ3n) is 3.73. The van der Waals surface area contributed by atoms with E-state index in [9.17, 15) is 14.7 Å². The smallest absolute Gasteiger partial charge is 0.336 e. The molecule has 0 unspecified atom stereocenters. The number of hydrogen-bond donors (Lipinski definition) is 1. The highest BCUT2D eigenvalue weighted by Crippen LogP contribution is 2.36. The van der Waals surface area contributed by atoms with Crippen molar-refractivity contribution < 1.29 is 14.3 Å². The quantitative estimate of drug-likeness (QED) is 0.581. The van der Waals surface area contributed by atoms with Crippen molar-refractivity contribution in [3.8, 4) is 16.9 Å². The van der Waals surface area contributed by atoms with Gasteiger partial charge >= 0.3 is 5.63 Å². The molecule has 0 aliphatic carbocycles. The Balaban J connectivity index is 2.36. The number of fused-ring (bicyclic) bond motifs is 1. The van der Waals surface area contributed by atoms with Crippen molar-refractivity contribution in [2.75, 3.05) is 0 Å². The number of carbonyl (C=O) groups excluding carboxylic acids is 1. The first kappa shape index (κ1) is 15.0. The molecule has 0 fully saturated rings. The standard InChI is InChI=1S/C19H16O4/c1-2-6-15(20)18-16(21)11-14(12-7-4-3-5-8-12)13-9-10-17(22)23-19(13)18/h3-5,7-11,21H,2,6H2,1H3. The molecule has 3 aromatic rings. The predicted molar refractivity (Wildman–Crippen MR) is 88.8 cm³/mol. The number of carbonyl (C=O) groups is 1. The molecular weight excluding hydrogens is 292 g/mol. The van der Waals surface area contributed by atoms with Crippen molar-refractivity contribution in [1.29, 1.82) is 0 Å². The van der Waals surface area contributed by atoms with Gasteiger partial charge in [0.05, 0.1) is 0 Å². The third-order valence-corrected chi connectivity index (χ3v) is 3.73. The zero-order valence-corrected chi connectivity index (χ0v) is 12.7. The van der Waals surface area contributed by atoms with Crippen LogP contribution in [0, 0.1) is 0 Å². The Labute approximate surface area is 133 Å². The molecule has 0 bridgehead atoms. The zero-order valence-electron chi connectivity index (χ0n) is 12.7. The summed E-state index contributed by atoms with van der Waals surface area (Å²) in [6, 6.07) is 14.0. The van der Waals surface area contributed by atoms with Crippen LogP contribution in [0.2, 0.25) is 0 Å². The second kappa shape index (κ2) is 6.08. The predicted octanol–water partition coefficient (Wildman–Crippen LogP) is 4.15. The Kier molecular flexibility index (Phi) is 3.98. The number of aromatic hydroxyl groups is 1. The molecule has 0 spiro atoms. The van der Waals surface area contributed by atoms with Gasteiger partial charge in [-0.25, -0.2) is 4.79 Å². The molecule has 0 saturated heterocycles. The minimum Gasteiger partial charge on any atom is -0.507 e. The van der Waals surface area contributed by atoms with Crippen LogP contribution in [0.4, 0.5) is 0 Å². The topological polar surface area (TPSA) is 67.5 Å². The van der Waals surface area contributed by atoms with Gasteiger partial charge in [0.25, 0.3) is 0 Å². The molecule has 0 saturated carbocycles. The lowest BCUT2D eigenvalue weighted by molar-refractivity contribution is 0.0980. The van der Waals surface area contributed by atoms with E-state index in [4.69, 9.17) is 4.42 Å². The Hall–Kier alpha value is -2.88. The highest BCUT2D eigenvalue weighted by molar-refractivity contribution is 6.11. The first-order chi connectivity index (χ1) is 11.1. The van der Waals surface area contributed by atoms with Crippen molar-refractivity contribution in [2.45, 2.75) is 19.8 Å². The molecule has 2 aromatic carbocycles. The number of hydrogen-bond acceptors (Lipinski definition) is 4. The summed E-state index contributed by atoms with van der Waals surface area (Å²) in [7, 11) is 0. The minimum atomic E-state index is -0.548. The monoisotopic (exact) mass is 308 g/mol. The third kappa shape index (κ3) is 2.75. The number of phenolic OH excluding ortho intramolecular Hbond substituents is 1. The SMILES string of the molecule is CCCC(=O)c1c(O)cc(-c2ccccc2)c2ccc(=O)oc12. The summed E-state index contributed by atoms with van der Waals surface area (Å²) in [5, 5.41) is 11.0. The van der Waals surface area contributed by atoms with Gasteiger partial charge in [-0.3, -0.25) is 4.79 Å². The number of Topliss-reactive ketones (excluding diaryl/α,β-unsaturated/α-hetero) is 1. The van der Waals surface area contributed by atoms with E-state index in [0.717, 1.165) is 11.1 Å². The van der Waals surface area contributed by atoms with Gasteiger partial charge in [-0.1, -0.05) is 37.3 Å². The van der Waals surface area contributed by atoms with E-state index in [0.29, 0.717) is 11.8 Å². The average Bonchev–Trinajstić information content (AvgIpc) is 2.54. The molecule has 4 nitrogen and oxygen atoms in total. The zero-order chi connectivity index (χ0) is 16.4. The second-order valence-electron chi connectivity index (χ2n) is 5.35. The Bertz CT molecular complexity index is 923. The minimum absolute atomic E-state index is 0.0826. The van der Waals surface area contributed by atoms with Crippen LogP contribution < -0.4 is 5.63 Å². The van der Waals surface area contributed by atoms with Gasteiger partial charge < -0.3 is 9.52 Å². The highest BCUT2D eigenvalue weighted by atomic mass is 16.4. The van der Waals surface area contributed by atoms with Gasteiger partial charge in [0.15, 0.2) is 11.4 Å². The van der Waals surface area contributed by atoms with E-state index in [2.05, 4.69) is 0 Å². The Morgan fingerprint density at radius 2 is 1.87 bits per heavy atom. The molecule has 0 amide bonds. The number of phenols is 1. The van der Waals surface area contributed by atoms with E-state index in [1.54, 1.807) is 12.1 Å². The van der Waals surface area contributed by atoms with Crippen LogP contribution in [0.1, 0.15) is 30.1 Å². The van der Waals surface area contributed by atoms with E-state index in [1.165, 1.54) is 6.07 Å². The first-order valence-corrected chi connectivity index (χ1v) is 7.50. The van der Waals surface area contributed by atoms with Crippen molar-refractivity contribution in [2.24, 2.45) is 0 Å². The van der Waals surface area contributed by atoms with Crippen molar-refractivity contribution in [3.63, 3.8) is 0 Å². The lowest BCUT2D eigenvalue weighted by atomic mass is 9.95. The fourth-order valence-electron chi connectivity index (χ4n) is 2.70. The van der Waals surface area contributed by atoms with Gasteiger partial charge in [0, 0.05) is 17.9 Å². The Morgan fingerprint density at radius 3 is 2.57 bits per heavy atom. The summed E-state index contributed by atoms with van der Waals surface area (Å²) in [5.74, 6) is -0.395. The first-order valence-electron chi connectivity index (χ1n) is 7.50. The summed E-state index contributed by atoms with van der Waals surface area (Å²) in [5.41, 5.74) is 1.27. The summed E-state index contributed by atoms with van der Waals surface area (Å²) in [4.78, 5) is 23.9. The van der Waals surface area contributed by atoms with Crippen LogP contribution in [0.15, 0.2) is 57.7 Å². The summed E-state index contributed by atoms with van der Waals surface area (Å²) in [6.07, 6.45) is 0.934. The van der Waals surface area contributed by atoms with Crippen LogP contribution >= 0.6 is 0 Å². The molecule has 1 heterocycles. The molecule has 0 aliphatic rings. The average molecular weight is 308 g/mol. The summed E-state index contributed by atoms with van der Waals surface area (Å²) >= 11 is 0. The number of ketones is 1. The molecule has 1 aromatic heterocycles. The summed E-state index contributed by atoms with van der Waals surface area (Å²) in [6.45, 7) is 1.88. The summed E-state index contributed by atoms with van der Waals surface area (Å²) < 4.78 is 5.27. The Morgan fingerprint density at radius 1 is 1.13 bits per heavy atom. The van der Waals surface area contributed by atoms with Crippen LogP contribution in [0.5, 0.6) is 5.75 Å².